The number of hydrogen-bond acceptors (Lipinski definition) is 1. The third-order valence-electron chi connectivity index (χ3n) is 2.06. The first kappa shape index (κ1) is 10.3. The number of H-pyrrole nitrogens is 1. The summed E-state index contributed by atoms with van der Waals surface area (Å²) in [5.74, 6) is 0. The standard InChI is InChI=1S/C10H11N.CH2O2/c1-2-8-7-11-10-6-4-3-5-9(8)10;2-1-3/h3-7,11H,2H2,1H3;1H,(H,2,3). The molecule has 3 heteroatoms. The van der Waals surface area contributed by atoms with Crippen LogP contribution in [0.1, 0.15) is 12.5 Å². The molecule has 2 N–H and O–H groups in total. The normalized spacial score (nSPS) is 9.21. The van der Waals surface area contributed by atoms with Crippen molar-refractivity contribution in [2.45, 2.75) is 13.3 Å². The number of para-hydroxylation sites is 1. The summed E-state index contributed by atoms with van der Waals surface area (Å²) in [5.41, 5.74) is 2.64. The largest absolute Gasteiger partial charge is 0.483 e. The highest BCUT2D eigenvalue weighted by atomic mass is 16.3. The number of rotatable bonds is 1. The Balaban J connectivity index is 0.000000293. The Morgan fingerprint density at radius 2 is 2.07 bits per heavy atom. The van der Waals surface area contributed by atoms with E-state index in [0.29, 0.717) is 0 Å². The van der Waals surface area contributed by atoms with Gasteiger partial charge in [-0.25, -0.2) is 0 Å². The topological polar surface area (TPSA) is 53.1 Å². The third-order valence-corrected chi connectivity index (χ3v) is 2.06. The molecule has 0 spiro atoms. The molecular weight excluding hydrogens is 178 g/mol. The van der Waals surface area contributed by atoms with Crippen molar-refractivity contribution in [3.05, 3.63) is 36.0 Å². The second kappa shape index (κ2) is 5.07. The van der Waals surface area contributed by atoms with Crippen LogP contribution in [0, 0.1) is 0 Å². The van der Waals surface area contributed by atoms with E-state index in [2.05, 4.69) is 42.4 Å². The fourth-order valence-electron chi connectivity index (χ4n) is 1.42. The molecule has 0 aliphatic rings. The van der Waals surface area contributed by atoms with Crippen LogP contribution in [0.25, 0.3) is 10.9 Å². The Morgan fingerprint density at radius 1 is 1.43 bits per heavy atom. The molecule has 0 fully saturated rings. The molecule has 0 aliphatic carbocycles. The van der Waals surface area contributed by atoms with Crippen LogP contribution in [-0.2, 0) is 11.2 Å². The van der Waals surface area contributed by atoms with E-state index < -0.39 is 0 Å². The quantitative estimate of drug-likeness (QED) is 0.680. The first-order valence-electron chi connectivity index (χ1n) is 4.46. The Kier molecular flexibility index (Phi) is 3.73. The Morgan fingerprint density at radius 3 is 2.71 bits per heavy atom. The van der Waals surface area contributed by atoms with Crippen molar-refractivity contribution < 1.29 is 9.90 Å². The van der Waals surface area contributed by atoms with Gasteiger partial charge in [0.1, 0.15) is 0 Å². The summed E-state index contributed by atoms with van der Waals surface area (Å²) in [7, 11) is 0. The number of aromatic amines is 1. The van der Waals surface area contributed by atoms with Gasteiger partial charge in [-0.05, 0) is 18.1 Å². The highest BCUT2D eigenvalue weighted by Gasteiger charge is 1.97. The zero-order chi connectivity index (χ0) is 10.4. The van der Waals surface area contributed by atoms with Gasteiger partial charge in [0, 0.05) is 17.1 Å². The maximum atomic E-state index is 8.36. The summed E-state index contributed by atoms with van der Waals surface area (Å²) in [6, 6.07) is 8.40. The van der Waals surface area contributed by atoms with Gasteiger partial charge in [-0.1, -0.05) is 25.1 Å². The van der Waals surface area contributed by atoms with Crippen LogP contribution in [0.15, 0.2) is 30.5 Å². The monoisotopic (exact) mass is 191 g/mol. The lowest BCUT2D eigenvalue weighted by Gasteiger charge is -1.90. The van der Waals surface area contributed by atoms with E-state index in [-0.39, 0.29) is 6.47 Å². The molecule has 0 bridgehead atoms. The zero-order valence-corrected chi connectivity index (χ0v) is 8.03. The number of fused-ring (bicyclic) bond motifs is 1. The first-order chi connectivity index (χ1) is 6.83. The Bertz CT molecular complexity index is 406. The maximum Gasteiger partial charge on any atom is 0.290 e. The summed E-state index contributed by atoms with van der Waals surface area (Å²) in [6.45, 7) is 1.93. The molecule has 0 atom stereocenters. The number of hydrogen-bond donors (Lipinski definition) is 2. The fraction of sp³-hybridized carbons (Fsp3) is 0.182. The lowest BCUT2D eigenvalue weighted by molar-refractivity contribution is -0.122. The number of aromatic nitrogens is 1. The maximum absolute atomic E-state index is 8.36. The van der Waals surface area contributed by atoms with Crippen molar-refractivity contribution in [3.63, 3.8) is 0 Å². The van der Waals surface area contributed by atoms with E-state index in [1.165, 1.54) is 16.5 Å². The molecule has 0 unspecified atom stereocenters. The van der Waals surface area contributed by atoms with Crippen LogP contribution in [-0.4, -0.2) is 16.6 Å². The minimum absolute atomic E-state index is 0.250. The highest BCUT2D eigenvalue weighted by molar-refractivity contribution is 5.82. The Labute approximate surface area is 82.4 Å². The summed E-state index contributed by atoms with van der Waals surface area (Å²) in [5, 5.41) is 8.25. The van der Waals surface area contributed by atoms with Crippen LogP contribution < -0.4 is 0 Å². The number of carbonyl (C=O) groups is 1. The minimum Gasteiger partial charge on any atom is -0.483 e. The van der Waals surface area contributed by atoms with E-state index in [1.807, 2.05) is 0 Å². The molecular formula is C11H13NO2. The molecule has 1 aromatic heterocycles. The lowest BCUT2D eigenvalue weighted by atomic mass is 10.1. The van der Waals surface area contributed by atoms with Crippen molar-refractivity contribution in [1.29, 1.82) is 0 Å². The molecule has 0 aliphatic heterocycles. The van der Waals surface area contributed by atoms with Crippen molar-refractivity contribution >= 4 is 17.4 Å². The number of nitrogens with one attached hydrogen (secondary N) is 1. The average molecular weight is 191 g/mol. The molecule has 0 saturated heterocycles. The number of carboxylic acid groups (broad SMARTS) is 1. The fourth-order valence-corrected chi connectivity index (χ4v) is 1.42. The molecule has 1 aromatic carbocycles. The van der Waals surface area contributed by atoms with E-state index in [4.69, 9.17) is 9.90 Å². The average Bonchev–Trinajstić information content (AvgIpc) is 2.62. The van der Waals surface area contributed by atoms with Gasteiger partial charge in [0.25, 0.3) is 6.47 Å². The van der Waals surface area contributed by atoms with Crippen LogP contribution in [0.3, 0.4) is 0 Å². The minimum atomic E-state index is -0.250. The summed E-state index contributed by atoms with van der Waals surface area (Å²) < 4.78 is 0. The van der Waals surface area contributed by atoms with Gasteiger partial charge in [0.05, 0.1) is 0 Å². The number of aryl methyl sites for hydroxylation is 1. The van der Waals surface area contributed by atoms with Gasteiger partial charge < -0.3 is 10.1 Å². The first-order valence-corrected chi connectivity index (χ1v) is 4.46. The van der Waals surface area contributed by atoms with Gasteiger partial charge in [-0.3, -0.25) is 4.79 Å². The van der Waals surface area contributed by atoms with Crippen molar-refractivity contribution in [2.24, 2.45) is 0 Å². The second-order valence-electron chi connectivity index (χ2n) is 2.82. The van der Waals surface area contributed by atoms with Crippen LogP contribution in [0.5, 0.6) is 0 Å². The molecule has 74 valence electrons. The molecule has 0 saturated carbocycles. The molecule has 3 nitrogen and oxygen atoms in total. The molecule has 1 heterocycles. The molecule has 2 rings (SSSR count). The van der Waals surface area contributed by atoms with Gasteiger partial charge in [-0.2, -0.15) is 0 Å². The smallest absolute Gasteiger partial charge is 0.290 e. The Hall–Kier alpha value is -1.77. The molecule has 2 aromatic rings. The lowest BCUT2D eigenvalue weighted by Crippen LogP contribution is -1.72. The van der Waals surface area contributed by atoms with Gasteiger partial charge in [-0.15, -0.1) is 0 Å². The van der Waals surface area contributed by atoms with Crippen LogP contribution in [0.4, 0.5) is 0 Å². The van der Waals surface area contributed by atoms with Crippen molar-refractivity contribution in [1.82, 2.24) is 4.98 Å². The predicted octanol–water partition coefficient (Wildman–Crippen LogP) is 2.43. The van der Waals surface area contributed by atoms with Gasteiger partial charge in [0.15, 0.2) is 0 Å². The van der Waals surface area contributed by atoms with Crippen molar-refractivity contribution in [2.75, 3.05) is 0 Å². The summed E-state index contributed by atoms with van der Waals surface area (Å²) in [6.07, 6.45) is 3.19. The number of benzene rings is 1. The second-order valence-corrected chi connectivity index (χ2v) is 2.82. The van der Waals surface area contributed by atoms with Crippen LogP contribution in [0.2, 0.25) is 0 Å². The highest BCUT2D eigenvalue weighted by Crippen LogP contribution is 2.17. The summed E-state index contributed by atoms with van der Waals surface area (Å²) in [4.78, 5) is 11.6. The van der Waals surface area contributed by atoms with E-state index >= 15 is 0 Å². The van der Waals surface area contributed by atoms with Crippen molar-refractivity contribution in [3.8, 4) is 0 Å². The van der Waals surface area contributed by atoms with E-state index in [0.717, 1.165) is 6.42 Å². The predicted molar refractivity (Wildman–Crippen MR) is 56.4 cm³/mol. The zero-order valence-electron chi connectivity index (χ0n) is 8.03. The van der Waals surface area contributed by atoms with E-state index in [9.17, 15) is 0 Å². The van der Waals surface area contributed by atoms with Gasteiger partial charge >= 0.3 is 0 Å². The SMILES string of the molecule is CCc1c[nH]c2ccccc12.O=CO. The molecule has 0 radical (unpaired) electrons. The van der Waals surface area contributed by atoms with Crippen LogP contribution >= 0.6 is 0 Å². The van der Waals surface area contributed by atoms with E-state index in [1.54, 1.807) is 0 Å². The molecule has 14 heavy (non-hydrogen) atoms. The summed E-state index contributed by atoms with van der Waals surface area (Å²) >= 11 is 0. The molecule has 0 amide bonds. The van der Waals surface area contributed by atoms with Gasteiger partial charge in [0.2, 0.25) is 0 Å². The third kappa shape index (κ3) is 2.13.